The van der Waals surface area contributed by atoms with Gasteiger partial charge in [-0.3, -0.25) is 9.59 Å². The van der Waals surface area contributed by atoms with Crippen LogP contribution >= 0.6 is 0 Å². The number of rotatable bonds is 4. The van der Waals surface area contributed by atoms with Crippen molar-refractivity contribution in [3.05, 3.63) is 65.2 Å². The van der Waals surface area contributed by atoms with Gasteiger partial charge in [0.1, 0.15) is 19.0 Å². The van der Waals surface area contributed by atoms with Gasteiger partial charge in [0, 0.05) is 18.7 Å². The molecular formula is C24H23NO6. The summed E-state index contributed by atoms with van der Waals surface area (Å²) in [5, 5.41) is 11.2. The second-order valence-corrected chi connectivity index (χ2v) is 7.86. The van der Waals surface area contributed by atoms with E-state index in [0.29, 0.717) is 43.4 Å². The van der Waals surface area contributed by atoms with Crippen LogP contribution < -0.4 is 9.47 Å². The van der Waals surface area contributed by atoms with E-state index in [4.69, 9.17) is 14.2 Å². The summed E-state index contributed by atoms with van der Waals surface area (Å²) in [4.78, 5) is 27.6. The molecule has 2 atom stereocenters. The summed E-state index contributed by atoms with van der Waals surface area (Å²) in [5.41, 5.74) is 1.24. The molecule has 0 spiro atoms. The van der Waals surface area contributed by atoms with Crippen molar-refractivity contribution in [1.29, 1.82) is 0 Å². The monoisotopic (exact) mass is 421 g/mol. The number of Topliss-reactive ketones (excluding diaryl/α,β-unsaturated/α-hetero) is 1. The average molecular weight is 421 g/mol. The maximum absolute atomic E-state index is 13.1. The Hall–Kier alpha value is -3.32. The lowest BCUT2D eigenvalue weighted by Gasteiger charge is -2.27. The first kappa shape index (κ1) is 19.6. The molecule has 0 aromatic heterocycles. The molecule has 3 heterocycles. The van der Waals surface area contributed by atoms with Gasteiger partial charge in [0.05, 0.1) is 17.7 Å². The Bertz CT molecular complexity index is 1040. The van der Waals surface area contributed by atoms with Crippen LogP contribution in [-0.2, 0) is 14.3 Å². The van der Waals surface area contributed by atoms with E-state index < -0.39 is 17.7 Å². The number of nitrogens with zero attached hydrogens (tertiary/aromatic N) is 1. The van der Waals surface area contributed by atoms with Gasteiger partial charge in [-0.15, -0.1) is 0 Å². The third kappa shape index (κ3) is 3.55. The predicted molar refractivity (Wildman–Crippen MR) is 112 cm³/mol. The van der Waals surface area contributed by atoms with Crippen LogP contribution in [0, 0.1) is 0 Å². The molecule has 7 nitrogen and oxygen atoms in total. The minimum absolute atomic E-state index is 0.0749. The molecule has 0 saturated carbocycles. The lowest BCUT2D eigenvalue weighted by atomic mass is 9.95. The first-order chi connectivity index (χ1) is 15.1. The Morgan fingerprint density at radius 3 is 2.52 bits per heavy atom. The summed E-state index contributed by atoms with van der Waals surface area (Å²) in [6.07, 6.45) is 1.66. The lowest BCUT2D eigenvalue weighted by molar-refractivity contribution is -0.140. The molecule has 7 heteroatoms. The number of aliphatic hydroxyl groups excluding tert-OH is 1. The van der Waals surface area contributed by atoms with Crippen molar-refractivity contribution in [1.82, 2.24) is 4.90 Å². The van der Waals surface area contributed by atoms with Gasteiger partial charge in [-0.25, -0.2) is 0 Å². The third-order valence-electron chi connectivity index (χ3n) is 5.90. The lowest BCUT2D eigenvalue weighted by Crippen LogP contribution is -2.36. The molecule has 0 radical (unpaired) electrons. The van der Waals surface area contributed by atoms with E-state index in [1.807, 2.05) is 30.3 Å². The summed E-state index contributed by atoms with van der Waals surface area (Å²) < 4.78 is 16.9. The highest BCUT2D eigenvalue weighted by Gasteiger charge is 2.47. The first-order valence-corrected chi connectivity index (χ1v) is 10.5. The third-order valence-corrected chi connectivity index (χ3v) is 5.90. The van der Waals surface area contributed by atoms with Gasteiger partial charge in [0.15, 0.2) is 11.5 Å². The highest BCUT2D eigenvalue weighted by molar-refractivity contribution is 6.46. The van der Waals surface area contributed by atoms with Crippen LogP contribution in [0.15, 0.2) is 54.1 Å². The molecule has 160 valence electrons. The zero-order chi connectivity index (χ0) is 21.4. The minimum atomic E-state index is -0.695. The summed E-state index contributed by atoms with van der Waals surface area (Å²) >= 11 is 0. The van der Waals surface area contributed by atoms with Crippen molar-refractivity contribution in [3.8, 4) is 11.5 Å². The number of hydrogen-bond acceptors (Lipinski definition) is 6. The van der Waals surface area contributed by atoms with E-state index >= 15 is 0 Å². The normalized spacial score (nSPS) is 24.6. The van der Waals surface area contributed by atoms with Crippen molar-refractivity contribution in [2.75, 3.05) is 26.4 Å². The van der Waals surface area contributed by atoms with Crippen LogP contribution in [0.3, 0.4) is 0 Å². The molecule has 1 amide bonds. The summed E-state index contributed by atoms with van der Waals surface area (Å²) in [7, 11) is 0. The minimum Gasteiger partial charge on any atom is -0.507 e. The molecule has 3 aliphatic heterocycles. The predicted octanol–water partition coefficient (Wildman–Crippen LogP) is 3.06. The highest BCUT2D eigenvalue weighted by Crippen LogP contribution is 2.41. The van der Waals surface area contributed by atoms with E-state index in [1.165, 1.54) is 4.90 Å². The Morgan fingerprint density at radius 1 is 1.00 bits per heavy atom. The number of aliphatic hydroxyl groups is 1. The van der Waals surface area contributed by atoms with E-state index in [1.54, 1.807) is 18.2 Å². The zero-order valence-corrected chi connectivity index (χ0v) is 17.0. The van der Waals surface area contributed by atoms with Crippen molar-refractivity contribution < 1.29 is 28.9 Å². The Labute approximate surface area is 179 Å². The van der Waals surface area contributed by atoms with Crippen molar-refractivity contribution in [2.45, 2.75) is 25.0 Å². The zero-order valence-electron chi connectivity index (χ0n) is 17.0. The molecule has 1 N–H and O–H groups in total. The number of carbonyl (C=O) groups is 2. The number of likely N-dealkylation sites (tertiary alicyclic amines) is 1. The number of carbonyl (C=O) groups excluding carboxylic acids is 2. The molecule has 5 rings (SSSR count). The van der Waals surface area contributed by atoms with E-state index in [0.717, 1.165) is 18.4 Å². The van der Waals surface area contributed by atoms with Crippen molar-refractivity contribution in [2.24, 2.45) is 0 Å². The molecule has 2 fully saturated rings. The summed E-state index contributed by atoms with van der Waals surface area (Å²) in [6.45, 7) is 1.83. The fourth-order valence-electron chi connectivity index (χ4n) is 4.40. The molecular weight excluding hydrogens is 398 g/mol. The quantitative estimate of drug-likeness (QED) is 0.464. The van der Waals surface area contributed by atoms with Gasteiger partial charge in [0.25, 0.3) is 11.7 Å². The van der Waals surface area contributed by atoms with Crippen molar-refractivity contribution >= 4 is 17.4 Å². The number of hydrogen-bond donors (Lipinski definition) is 1. The van der Waals surface area contributed by atoms with Crippen LogP contribution in [0.1, 0.15) is 30.0 Å². The number of benzene rings is 2. The van der Waals surface area contributed by atoms with Crippen LogP contribution in [0.5, 0.6) is 11.5 Å². The van der Waals surface area contributed by atoms with Gasteiger partial charge in [-0.1, -0.05) is 30.3 Å². The number of amides is 1. The van der Waals surface area contributed by atoms with Gasteiger partial charge < -0.3 is 24.2 Å². The van der Waals surface area contributed by atoms with Gasteiger partial charge in [-0.2, -0.15) is 0 Å². The first-order valence-electron chi connectivity index (χ1n) is 10.5. The van der Waals surface area contributed by atoms with Crippen molar-refractivity contribution in [3.63, 3.8) is 0 Å². The van der Waals surface area contributed by atoms with E-state index in [-0.39, 0.29) is 17.4 Å². The number of ketones is 1. The summed E-state index contributed by atoms with van der Waals surface area (Å²) in [5.74, 6) is -0.455. The maximum atomic E-state index is 13.1. The number of fused-ring (bicyclic) bond motifs is 1. The molecule has 3 aliphatic rings. The fourth-order valence-corrected chi connectivity index (χ4v) is 4.40. The average Bonchev–Trinajstić information content (AvgIpc) is 3.41. The molecule has 0 aliphatic carbocycles. The van der Waals surface area contributed by atoms with E-state index in [9.17, 15) is 14.7 Å². The topological polar surface area (TPSA) is 85.3 Å². The molecule has 0 bridgehead atoms. The smallest absolute Gasteiger partial charge is 0.295 e. The Balaban J connectivity index is 1.59. The second kappa shape index (κ2) is 8.07. The van der Waals surface area contributed by atoms with Gasteiger partial charge in [-0.05, 0) is 36.6 Å². The molecule has 31 heavy (non-hydrogen) atoms. The molecule has 0 unspecified atom stereocenters. The van der Waals surface area contributed by atoms with Gasteiger partial charge in [0.2, 0.25) is 0 Å². The van der Waals surface area contributed by atoms with Crippen LogP contribution in [0.4, 0.5) is 0 Å². The Kier molecular flexibility index (Phi) is 5.11. The van der Waals surface area contributed by atoms with Gasteiger partial charge >= 0.3 is 0 Å². The van der Waals surface area contributed by atoms with Crippen LogP contribution in [0.25, 0.3) is 5.76 Å². The standard InChI is InChI=1S/C24H23NO6/c26-22(16-8-9-18-19(13-16)31-12-11-30-18)20-21(15-5-2-1-3-6-15)25(24(28)23(20)27)14-17-7-4-10-29-17/h1-3,5-6,8-9,13,17,21,26H,4,7,10-12,14H2/t17-,21-/m0/s1. The number of ether oxygens (including phenoxy) is 3. The summed E-state index contributed by atoms with van der Waals surface area (Å²) in [6, 6.07) is 13.6. The molecule has 2 aromatic rings. The molecule has 2 aromatic carbocycles. The van der Waals surface area contributed by atoms with Crippen LogP contribution in [-0.4, -0.2) is 54.2 Å². The second-order valence-electron chi connectivity index (χ2n) is 7.86. The molecule has 2 saturated heterocycles. The van der Waals surface area contributed by atoms with Crippen LogP contribution in [0.2, 0.25) is 0 Å². The fraction of sp³-hybridized carbons (Fsp3) is 0.333. The SMILES string of the molecule is O=C1C(=O)N(C[C@@H]2CCCO2)[C@@H](c2ccccc2)C1=C(O)c1ccc2c(c1)OCCO2. The largest absolute Gasteiger partial charge is 0.507 e. The highest BCUT2D eigenvalue weighted by atomic mass is 16.6. The van der Waals surface area contributed by atoms with E-state index in [2.05, 4.69) is 0 Å². The Morgan fingerprint density at radius 2 is 1.77 bits per heavy atom. The maximum Gasteiger partial charge on any atom is 0.295 e.